The zero-order valence-corrected chi connectivity index (χ0v) is 17.5. The number of anilines is 2. The standard InChI is InChI=1S/C18H16Cl2INO4/c1-11(23)25-26-18(24)13(9-10-21)12-5-2-3-8-16(12)22-17-14(19)6-4-7-15(17)20/h2-8,13,22H,9-10H2,1H3. The third-order valence-electron chi connectivity index (χ3n) is 3.48. The molecule has 2 aromatic rings. The largest absolute Gasteiger partial charge is 0.363 e. The van der Waals surface area contributed by atoms with Crippen LogP contribution in [0.4, 0.5) is 11.4 Å². The lowest BCUT2D eigenvalue weighted by Crippen LogP contribution is -2.19. The fraction of sp³-hybridized carbons (Fsp3) is 0.222. The first-order valence-electron chi connectivity index (χ1n) is 7.69. The van der Waals surface area contributed by atoms with Crippen molar-refractivity contribution in [1.29, 1.82) is 0 Å². The molecule has 0 amide bonds. The molecule has 0 fully saturated rings. The number of rotatable bonds is 6. The van der Waals surface area contributed by atoms with Crippen LogP contribution in [0.15, 0.2) is 42.5 Å². The number of hydrogen-bond acceptors (Lipinski definition) is 5. The Morgan fingerprint density at radius 1 is 1.08 bits per heavy atom. The molecular weight excluding hydrogens is 492 g/mol. The fourth-order valence-electron chi connectivity index (χ4n) is 2.33. The second-order valence-electron chi connectivity index (χ2n) is 5.32. The van der Waals surface area contributed by atoms with Crippen LogP contribution in [0.5, 0.6) is 0 Å². The molecule has 1 unspecified atom stereocenters. The number of hydrogen-bond donors (Lipinski definition) is 1. The summed E-state index contributed by atoms with van der Waals surface area (Å²) in [6.45, 7) is 1.16. The van der Waals surface area contributed by atoms with Gasteiger partial charge in [-0.05, 0) is 30.2 Å². The van der Waals surface area contributed by atoms with Gasteiger partial charge in [0.15, 0.2) is 0 Å². The van der Waals surface area contributed by atoms with E-state index in [0.717, 1.165) is 6.92 Å². The number of carbonyl (C=O) groups excluding carboxylic acids is 2. The molecule has 2 rings (SSSR count). The maximum Gasteiger partial charge on any atom is 0.363 e. The molecule has 0 aliphatic rings. The monoisotopic (exact) mass is 507 g/mol. The molecule has 0 saturated heterocycles. The van der Waals surface area contributed by atoms with Crippen molar-refractivity contribution >= 4 is 69.1 Å². The van der Waals surface area contributed by atoms with E-state index in [2.05, 4.69) is 37.7 Å². The van der Waals surface area contributed by atoms with Crippen LogP contribution in [0.1, 0.15) is 24.8 Å². The Morgan fingerprint density at radius 3 is 2.35 bits per heavy atom. The smallest absolute Gasteiger partial charge is 0.353 e. The highest BCUT2D eigenvalue weighted by molar-refractivity contribution is 14.1. The highest BCUT2D eigenvalue weighted by atomic mass is 127. The number of carbonyl (C=O) groups is 2. The molecule has 0 aromatic heterocycles. The van der Waals surface area contributed by atoms with Crippen molar-refractivity contribution in [2.45, 2.75) is 19.3 Å². The van der Waals surface area contributed by atoms with Crippen molar-refractivity contribution in [1.82, 2.24) is 0 Å². The van der Waals surface area contributed by atoms with Crippen LogP contribution < -0.4 is 5.32 Å². The molecule has 0 bridgehead atoms. The van der Waals surface area contributed by atoms with Crippen LogP contribution in [0.2, 0.25) is 10.0 Å². The summed E-state index contributed by atoms with van der Waals surface area (Å²) in [5.74, 6) is -1.95. The topological polar surface area (TPSA) is 64.6 Å². The zero-order chi connectivity index (χ0) is 19.1. The maximum atomic E-state index is 12.4. The van der Waals surface area contributed by atoms with Gasteiger partial charge in [-0.25, -0.2) is 19.4 Å². The van der Waals surface area contributed by atoms with Gasteiger partial charge >= 0.3 is 11.9 Å². The summed E-state index contributed by atoms with van der Waals surface area (Å²) in [6, 6.07) is 12.4. The minimum Gasteiger partial charge on any atom is -0.353 e. The summed E-state index contributed by atoms with van der Waals surface area (Å²) in [4.78, 5) is 32.3. The quantitative estimate of drug-likeness (QED) is 0.236. The van der Waals surface area contributed by atoms with Crippen LogP contribution in [0.3, 0.4) is 0 Å². The third-order valence-corrected chi connectivity index (χ3v) is 4.73. The maximum absolute atomic E-state index is 12.4. The third kappa shape index (κ3) is 5.49. The number of nitrogens with one attached hydrogen (secondary N) is 1. The van der Waals surface area contributed by atoms with Gasteiger partial charge in [-0.1, -0.05) is 70.1 Å². The van der Waals surface area contributed by atoms with Gasteiger partial charge in [0.2, 0.25) is 0 Å². The van der Waals surface area contributed by atoms with Gasteiger partial charge in [-0.3, -0.25) is 0 Å². The molecule has 2 aromatic carbocycles. The molecule has 0 aliphatic carbocycles. The summed E-state index contributed by atoms with van der Waals surface area (Å²) in [5, 5.41) is 4.10. The molecule has 0 aliphatic heterocycles. The van der Waals surface area contributed by atoms with Crippen molar-refractivity contribution < 1.29 is 19.4 Å². The van der Waals surface area contributed by atoms with E-state index in [0.29, 0.717) is 37.8 Å². The number of halogens is 3. The molecule has 8 heteroatoms. The zero-order valence-electron chi connectivity index (χ0n) is 13.8. The first-order chi connectivity index (χ1) is 12.4. The average molecular weight is 508 g/mol. The van der Waals surface area contributed by atoms with Gasteiger partial charge in [0.25, 0.3) is 0 Å². The highest BCUT2D eigenvalue weighted by Crippen LogP contribution is 2.36. The van der Waals surface area contributed by atoms with Gasteiger partial charge in [-0.2, -0.15) is 0 Å². The Morgan fingerprint density at radius 2 is 1.73 bits per heavy atom. The Kier molecular flexibility index (Phi) is 7.99. The minimum atomic E-state index is -0.694. The lowest BCUT2D eigenvalue weighted by molar-refractivity contribution is -0.258. The summed E-state index contributed by atoms with van der Waals surface area (Å²) < 4.78 is 0.707. The number of benzene rings is 2. The van der Waals surface area contributed by atoms with E-state index in [1.165, 1.54) is 0 Å². The van der Waals surface area contributed by atoms with E-state index in [9.17, 15) is 9.59 Å². The van der Waals surface area contributed by atoms with Crippen molar-refractivity contribution in [2.75, 3.05) is 9.74 Å². The van der Waals surface area contributed by atoms with E-state index in [-0.39, 0.29) is 0 Å². The molecule has 0 spiro atoms. The summed E-state index contributed by atoms with van der Waals surface area (Å²) >= 11 is 14.6. The van der Waals surface area contributed by atoms with Crippen molar-refractivity contribution in [3.63, 3.8) is 0 Å². The molecule has 0 saturated carbocycles. The molecule has 26 heavy (non-hydrogen) atoms. The first kappa shape index (κ1) is 20.8. The van der Waals surface area contributed by atoms with Crippen LogP contribution >= 0.6 is 45.8 Å². The molecule has 1 N–H and O–H groups in total. The Balaban J connectivity index is 2.35. The van der Waals surface area contributed by atoms with Gasteiger partial charge in [0, 0.05) is 17.0 Å². The van der Waals surface area contributed by atoms with E-state index >= 15 is 0 Å². The Bertz CT molecular complexity index is 780. The van der Waals surface area contributed by atoms with Gasteiger partial charge < -0.3 is 5.32 Å². The molecule has 0 heterocycles. The minimum absolute atomic E-state index is 0.459. The normalized spacial score (nSPS) is 11.5. The van der Waals surface area contributed by atoms with E-state index in [4.69, 9.17) is 23.2 Å². The summed E-state index contributed by atoms with van der Waals surface area (Å²) in [6.07, 6.45) is 0.510. The van der Waals surface area contributed by atoms with Crippen molar-refractivity contribution in [3.05, 3.63) is 58.1 Å². The second kappa shape index (κ2) is 9.99. The number of para-hydroxylation sites is 2. The second-order valence-corrected chi connectivity index (χ2v) is 7.21. The van der Waals surface area contributed by atoms with Crippen molar-refractivity contribution in [3.8, 4) is 0 Å². The van der Waals surface area contributed by atoms with Gasteiger partial charge in [0.05, 0.1) is 21.7 Å². The number of alkyl halides is 1. The first-order valence-corrected chi connectivity index (χ1v) is 9.97. The summed E-state index contributed by atoms with van der Waals surface area (Å²) in [5.41, 5.74) is 1.90. The lowest BCUT2D eigenvalue weighted by Gasteiger charge is -2.19. The Hall–Kier alpha value is -1.51. The molecule has 0 radical (unpaired) electrons. The molecule has 5 nitrogen and oxygen atoms in total. The highest BCUT2D eigenvalue weighted by Gasteiger charge is 2.26. The van der Waals surface area contributed by atoms with Crippen LogP contribution in [0.25, 0.3) is 0 Å². The predicted octanol–water partition coefficient (Wildman–Crippen LogP) is 5.67. The fourth-order valence-corrected chi connectivity index (χ4v) is 3.45. The van der Waals surface area contributed by atoms with Crippen LogP contribution in [-0.4, -0.2) is 16.4 Å². The molecule has 1 atom stereocenters. The van der Waals surface area contributed by atoms with Crippen LogP contribution in [-0.2, 0) is 19.4 Å². The predicted molar refractivity (Wildman–Crippen MR) is 110 cm³/mol. The Labute approximate surface area is 175 Å². The van der Waals surface area contributed by atoms with E-state index in [1.807, 2.05) is 18.2 Å². The molecular formula is C18H16Cl2INO4. The lowest BCUT2D eigenvalue weighted by atomic mass is 9.95. The SMILES string of the molecule is CC(=O)OOC(=O)C(CCI)c1ccccc1Nc1c(Cl)cccc1Cl. The van der Waals surface area contributed by atoms with Gasteiger partial charge in [0.1, 0.15) is 0 Å². The average Bonchev–Trinajstić information content (AvgIpc) is 2.61. The van der Waals surface area contributed by atoms with E-state index in [1.54, 1.807) is 24.3 Å². The van der Waals surface area contributed by atoms with Crippen molar-refractivity contribution in [2.24, 2.45) is 0 Å². The molecule has 138 valence electrons. The van der Waals surface area contributed by atoms with E-state index < -0.39 is 17.9 Å². The van der Waals surface area contributed by atoms with Gasteiger partial charge in [-0.15, -0.1) is 0 Å². The van der Waals surface area contributed by atoms with Crippen LogP contribution in [0, 0.1) is 0 Å². The summed E-state index contributed by atoms with van der Waals surface area (Å²) in [7, 11) is 0.